The average Bonchev–Trinajstić information content (AvgIpc) is 2.71. The number of benzene rings is 1. The molecule has 2 saturated heterocycles. The lowest BCUT2D eigenvalue weighted by atomic mass is 9.92. The van der Waals surface area contributed by atoms with Gasteiger partial charge in [0.05, 0.1) is 6.61 Å². The summed E-state index contributed by atoms with van der Waals surface area (Å²) >= 11 is 0. The van der Waals surface area contributed by atoms with Crippen LogP contribution in [-0.2, 0) is 9.53 Å². The molecule has 1 aromatic rings. The van der Waals surface area contributed by atoms with Crippen LogP contribution in [0.25, 0.3) is 0 Å². The predicted octanol–water partition coefficient (Wildman–Crippen LogP) is 2.18. The minimum Gasteiger partial charge on any atom is -0.486 e. The molecule has 0 aliphatic carbocycles. The predicted molar refractivity (Wildman–Crippen MR) is 102 cm³/mol. The van der Waals surface area contributed by atoms with Crippen LogP contribution in [0, 0.1) is 5.92 Å². The van der Waals surface area contributed by atoms with Gasteiger partial charge >= 0.3 is 0 Å². The molecule has 1 aromatic carbocycles. The van der Waals surface area contributed by atoms with Crippen molar-refractivity contribution in [3.05, 3.63) is 24.3 Å². The standard InChI is InChI=1S/C21H30N2O4/c24-21-16-25-13-12-23(21)9-3-4-17-7-10-22(11-8-17)14-18-15-26-19-5-1-2-6-20(19)27-18/h1-2,5-6,17-18H,3-4,7-16H2. The fourth-order valence-corrected chi connectivity index (χ4v) is 4.26. The fourth-order valence-electron chi connectivity index (χ4n) is 4.26. The van der Waals surface area contributed by atoms with Gasteiger partial charge in [-0.05, 0) is 56.8 Å². The van der Waals surface area contributed by atoms with E-state index in [9.17, 15) is 4.79 Å². The molecule has 3 aliphatic rings. The molecule has 0 bridgehead atoms. The Hall–Kier alpha value is -1.79. The van der Waals surface area contributed by atoms with Crippen LogP contribution in [0.1, 0.15) is 25.7 Å². The van der Waals surface area contributed by atoms with Gasteiger partial charge in [0.2, 0.25) is 5.91 Å². The second-order valence-electron chi connectivity index (χ2n) is 7.82. The number of ether oxygens (including phenoxy) is 3. The number of hydrogen-bond donors (Lipinski definition) is 0. The number of rotatable bonds is 6. The van der Waals surface area contributed by atoms with Crippen molar-refractivity contribution in [3.63, 3.8) is 0 Å². The van der Waals surface area contributed by atoms with E-state index in [-0.39, 0.29) is 18.6 Å². The van der Waals surface area contributed by atoms with Crippen LogP contribution < -0.4 is 9.47 Å². The number of amides is 1. The van der Waals surface area contributed by atoms with E-state index in [0.29, 0.717) is 13.2 Å². The number of morpholine rings is 1. The first-order chi connectivity index (χ1) is 13.3. The molecular weight excluding hydrogens is 344 g/mol. The number of carbonyl (C=O) groups is 1. The first-order valence-electron chi connectivity index (χ1n) is 10.2. The average molecular weight is 374 g/mol. The normalized spacial score (nSPS) is 24.2. The summed E-state index contributed by atoms with van der Waals surface area (Å²) in [5.41, 5.74) is 0. The summed E-state index contributed by atoms with van der Waals surface area (Å²) in [6, 6.07) is 7.90. The molecule has 1 unspecified atom stereocenters. The van der Waals surface area contributed by atoms with Crippen LogP contribution in [0.5, 0.6) is 11.5 Å². The third kappa shape index (κ3) is 4.93. The van der Waals surface area contributed by atoms with E-state index in [1.54, 1.807) is 0 Å². The molecule has 6 heteroatoms. The highest BCUT2D eigenvalue weighted by molar-refractivity contribution is 5.77. The maximum Gasteiger partial charge on any atom is 0.248 e. The van der Waals surface area contributed by atoms with E-state index in [0.717, 1.165) is 56.6 Å². The summed E-state index contributed by atoms with van der Waals surface area (Å²) in [6.07, 6.45) is 4.91. The van der Waals surface area contributed by atoms with Crippen molar-refractivity contribution >= 4 is 5.91 Å². The van der Waals surface area contributed by atoms with Crippen molar-refractivity contribution in [2.45, 2.75) is 31.8 Å². The number of hydrogen-bond acceptors (Lipinski definition) is 5. The Morgan fingerprint density at radius 2 is 1.89 bits per heavy atom. The van der Waals surface area contributed by atoms with Gasteiger partial charge in [0, 0.05) is 19.6 Å². The smallest absolute Gasteiger partial charge is 0.248 e. The van der Waals surface area contributed by atoms with E-state index in [1.807, 2.05) is 29.2 Å². The van der Waals surface area contributed by atoms with Crippen LogP contribution >= 0.6 is 0 Å². The molecule has 3 aliphatic heterocycles. The van der Waals surface area contributed by atoms with Gasteiger partial charge in [-0.3, -0.25) is 9.69 Å². The van der Waals surface area contributed by atoms with Gasteiger partial charge in [-0.2, -0.15) is 0 Å². The summed E-state index contributed by atoms with van der Waals surface area (Å²) in [7, 11) is 0. The number of piperidine rings is 1. The van der Waals surface area contributed by atoms with Crippen molar-refractivity contribution in [2.75, 3.05) is 52.5 Å². The molecule has 1 atom stereocenters. The minimum absolute atomic E-state index is 0.115. The Morgan fingerprint density at radius 3 is 2.70 bits per heavy atom. The highest BCUT2D eigenvalue weighted by Gasteiger charge is 2.26. The zero-order chi connectivity index (χ0) is 18.5. The number of fused-ring (bicyclic) bond motifs is 1. The second-order valence-corrected chi connectivity index (χ2v) is 7.82. The van der Waals surface area contributed by atoms with Gasteiger partial charge in [0.25, 0.3) is 0 Å². The molecule has 148 valence electrons. The monoisotopic (exact) mass is 374 g/mol. The van der Waals surface area contributed by atoms with E-state index >= 15 is 0 Å². The van der Waals surface area contributed by atoms with Gasteiger partial charge in [0.15, 0.2) is 11.5 Å². The third-order valence-corrected chi connectivity index (χ3v) is 5.86. The van der Waals surface area contributed by atoms with Gasteiger partial charge in [0.1, 0.15) is 19.3 Å². The molecular formula is C21H30N2O4. The second kappa shape index (κ2) is 8.93. The molecule has 0 N–H and O–H groups in total. The van der Waals surface area contributed by atoms with Crippen molar-refractivity contribution in [3.8, 4) is 11.5 Å². The number of nitrogens with zero attached hydrogens (tertiary/aromatic N) is 2. The highest BCUT2D eigenvalue weighted by Crippen LogP contribution is 2.31. The molecule has 3 heterocycles. The molecule has 1 amide bonds. The molecule has 0 saturated carbocycles. The lowest BCUT2D eigenvalue weighted by Gasteiger charge is -2.36. The van der Waals surface area contributed by atoms with E-state index in [2.05, 4.69) is 4.90 Å². The van der Waals surface area contributed by atoms with Gasteiger partial charge in [-0.1, -0.05) is 12.1 Å². The summed E-state index contributed by atoms with van der Waals surface area (Å²) in [6.45, 7) is 6.40. The van der Waals surface area contributed by atoms with Crippen LogP contribution in [-0.4, -0.2) is 74.4 Å². The lowest BCUT2D eigenvalue weighted by Crippen LogP contribution is -2.44. The number of carbonyl (C=O) groups excluding carboxylic acids is 1. The maximum atomic E-state index is 11.8. The van der Waals surface area contributed by atoms with E-state index in [4.69, 9.17) is 14.2 Å². The minimum atomic E-state index is 0.115. The zero-order valence-corrected chi connectivity index (χ0v) is 16.0. The maximum absolute atomic E-state index is 11.8. The SMILES string of the molecule is O=C1COCCN1CCCC1CCN(CC2COc3ccccc3O2)CC1. The Morgan fingerprint density at radius 1 is 1.07 bits per heavy atom. The van der Waals surface area contributed by atoms with Crippen LogP contribution in [0.4, 0.5) is 0 Å². The molecule has 6 nitrogen and oxygen atoms in total. The first-order valence-corrected chi connectivity index (χ1v) is 10.2. The third-order valence-electron chi connectivity index (χ3n) is 5.86. The van der Waals surface area contributed by atoms with Gasteiger partial charge < -0.3 is 19.1 Å². The van der Waals surface area contributed by atoms with E-state index < -0.39 is 0 Å². The Labute approximate surface area is 161 Å². The molecule has 0 spiro atoms. The van der Waals surface area contributed by atoms with Crippen molar-refractivity contribution in [1.82, 2.24) is 9.80 Å². The molecule has 27 heavy (non-hydrogen) atoms. The van der Waals surface area contributed by atoms with E-state index in [1.165, 1.54) is 19.3 Å². The fraction of sp³-hybridized carbons (Fsp3) is 0.667. The topological polar surface area (TPSA) is 51.2 Å². The molecule has 4 rings (SSSR count). The Balaban J connectivity index is 1.14. The van der Waals surface area contributed by atoms with Gasteiger partial charge in [-0.25, -0.2) is 0 Å². The van der Waals surface area contributed by atoms with Crippen LogP contribution in [0.15, 0.2) is 24.3 Å². The first kappa shape index (κ1) is 18.6. The molecule has 0 radical (unpaired) electrons. The summed E-state index contributed by atoms with van der Waals surface area (Å²) in [5.74, 6) is 2.64. The number of para-hydroxylation sites is 2. The molecule has 2 fully saturated rings. The quantitative estimate of drug-likeness (QED) is 0.764. The van der Waals surface area contributed by atoms with Gasteiger partial charge in [-0.15, -0.1) is 0 Å². The van der Waals surface area contributed by atoms with Crippen LogP contribution in [0.2, 0.25) is 0 Å². The highest BCUT2D eigenvalue weighted by atomic mass is 16.6. The summed E-state index contributed by atoms with van der Waals surface area (Å²) in [5, 5.41) is 0. The molecule has 0 aromatic heterocycles. The van der Waals surface area contributed by atoms with Crippen LogP contribution in [0.3, 0.4) is 0 Å². The Bertz CT molecular complexity index is 630. The van der Waals surface area contributed by atoms with Crippen molar-refractivity contribution in [2.24, 2.45) is 5.92 Å². The number of likely N-dealkylation sites (tertiary alicyclic amines) is 1. The zero-order valence-electron chi connectivity index (χ0n) is 16.0. The summed E-state index contributed by atoms with van der Waals surface area (Å²) < 4.78 is 17.1. The summed E-state index contributed by atoms with van der Waals surface area (Å²) in [4.78, 5) is 16.2. The lowest BCUT2D eigenvalue weighted by molar-refractivity contribution is -0.142. The Kier molecular flexibility index (Phi) is 6.14. The van der Waals surface area contributed by atoms with Crippen molar-refractivity contribution in [1.29, 1.82) is 0 Å². The van der Waals surface area contributed by atoms with Crippen molar-refractivity contribution < 1.29 is 19.0 Å². The largest absolute Gasteiger partial charge is 0.486 e.